The van der Waals surface area contributed by atoms with Gasteiger partial charge in [-0.15, -0.1) is 11.6 Å². The number of rotatable bonds is 2. The van der Waals surface area contributed by atoms with Crippen molar-refractivity contribution in [2.75, 3.05) is 0 Å². The van der Waals surface area contributed by atoms with Gasteiger partial charge in [-0.25, -0.2) is 4.98 Å². The SMILES string of the molecule is Cc1nc(C2CCCCC2)oc1CCl. The lowest BCUT2D eigenvalue weighted by Gasteiger charge is -2.17. The second-order valence-corrected chi connectivity index (χ2v) is 4.30. The van der Waals surface area contributed by atoms with Gasteiger partial charge in [0.15, 0.2) is 5.89 Å². The van der Waals surface area contributed by atoms with E-state index in [1.54, 1.807) is 0 Å². The third-order valence-corrected chi connectivity index (χ3v) is 3.23. The van der Waals surface area contributed by atoms with Crippen molar-refractivity contribution in [3.05, 3.63) is 17.3 Å². The van der Waals surface area contributed by atoms with Crippen LogP contribution in [0.3, 0.4) is 0 Å². The van der Waals surface area contributed by atoms with E-state index in [0.29, 0.717) is 11.8 Å². The highest BCUT2D eigenvalue weighted by atomic mass is 35.5. The molecule has 0 unspecified atom stereocenters. The molecule has 0 N–H and O–H groups in total. The highest BCUT2D eigenvalue weighted by molar-refractivity contribution is 6.16. The normalized spacial score (nSPS) is 18.7. The molecule has 78 valence electrons. The molecule has 1 aliphatic rings. The molecule has 0 aromatic carbocycles. The number of oxazole rings is 1. The zero-order valence-electron chi connectivity index (χ0n) is 8.55. The Morgan fingerprint density at radius 1 is 1.36 bits per heavy atom. The molecule has 0 bridgehead atoms. The number of halogens is 1. The van der Waals surface area contributed by atoms with E-state index in [4.69, 9.17) is 16.0 Å². The van der Waals surface area contributed by atoms with Gasteiger partial charge in [-0.1, -0.05) is 19.3 Å². The van der Waals surface area contributed by atoms with E-state index in [1.807, 2.05) is 6.92 Å². The Bertz CT molecular complexity index is 302. The van der Waals surface area contributed by atoms with E-state index in [0.717, 1.165) is 17.3 Å². The Balaban J connectivity index is 2.14. The molecule has 2 rings (SSSR count). The fraction of sp³-hybridized carbons (Fsp3) is 0.727. The van der Waals surface area contributed by atoms with Crippen molar-refractivity contribution in [3.8, 4) is 0 Å². The van der Waals surface area contributed by atoms with Crippen LogP contribution in [0.25, 0.3) is 0 Å². The summed E-state index contributed by atoms with van der Waals surface area (Å²) in [4.78, 5) is 4.45. The molecule has 14 heavy (non-hydrogen) atoms. The predicted octanol–water partition coefficient (Wildman–Crippen LogP) is 3.77. The molecule has 0 aliphatic heterocycles. The van der Waals surface area contributed by atoms with E-state index in [-0.39, 0.29) is 0 Å². The second-order valence-electron chi connectivity index (χ2n) is 4.03. The maximum absolute atomic E-state index is 5.75. The van der Waals surface area contributed by atoms with Crippen molar-refractivity contribution in [2.45, 2.75) is 50.8 Å². The van der Waals surface area contributed by atoms with Gasteiger partial charge in [-0.05, 0) is 19.8 Å². The summed E-state index contributed by atoms with van der Waals surface area (Å²) in [6, 6.07) is 0. The fourth-order valence-corrected chi connectivity index (χ4v) is 2.35. The van der Waals surface area contributed by atoms with E-state index in [2.05, 4.69) is 4.98 Å². The average molecular weight is 214 g/mol. The van der Waals surface area contributed by atoms with Crippen LogP contribution in [0.15, 0.2) is 4.42 Å². The first-order valence-electron chi connectivity index (χ1n) is 5.33. The van der Waals surface area contributed by atoms with Crippen LogP contribution in [0.5, 0.6) is 0 Å². The summed E-state index contributed by atoms with van der Waals surface area (Å²) < 4.78 is 5.66. The van der Waals surface area contributed by atoms with Crippen molar-refractivity contribution in [1.29, 1.82) is 0 Å². The smallest absolute Gasteiger partial charge is 0.197 e. The van der Waals surface area contributed by atoms with Gasteiger partial charge in [-0.3, -0.25) is 0 Å². The summed E-state index contributed by atoms with van der Waals surface area (Å²) in [5.74, 6) is 2.73. The third kappa shape index (κ3) is 1.95. The van der Waals surface area contributed by atoms with E-state index < -0.39 is 0 Å². The van der Waals surface area contributed by atoms with Gasteiger partial charge in [0.2, 0.25) is 0 Å². The number of aromatic nitrogens is 1. The largest absolute Gasteiger partial charge is 0.444 e. The fourth-order valence-electron chi connectivity index (χ4n) is 2.10. The van der Waals surface area contributed by atoms with E-state index in [1.165, 1.54) is 32.1 Å². The number of hydrogen-bond donors (Lipinski definition) is 0. The highest BCUT2D eigenvalue weighted by Crippen LogP contribution is 2.33. The van der Waals surface area contributed by atoms with Crippen molar-refractivity contribution in [2.24, 2.45) is 0 Å². The van der Waals surface area contributed by atoms with Crippen LogP contribution >= 0.6 is 11.6 Å². The Labute approximate surface area is 89.7 Å². The summed E-state index contributed by atoms with van der Waals surface area (Å²) in [6.07, 6.45) is 6.42. The van der Waals surface area contributed by atoms with Gasteiger partial charge >= 0.3 is 0 Å². The number of alkyl halides is 1. The van der Waals surface area contributed by atoms with Crippen LogP contribution in [-0.2, 0) is 5.88 Å². The van der Waals surface area contributed by atoms with Crippen molar-refractivity contribution < 1.29 is 4.42 Å². The second kappa shape index (κ2) is 4.35. The van der Waals surface area contributed by atoms with Crippen LogP contribution in [0, 0.1) is 6.92 Å². The minimum absolute atomic E-state index is 0.436. The molecule has 0 radical (unpaired) electrons. The molecule has 2 nitrogen and oxygen atoms in total. The average Bonchev–Trinajstić information content (AvgIpc) is 2.61. The molecule has 1 fully saturated rings. The van der Waals surface area contributed by atoms with Crippen LogP contribution in [0.1, 0.15) is 55.4 Å². The van der Waals surface area contributed by atoms with Crippen molar-refractivity contribution in [1.82, 2.24) is 4.98 Å². The number of hydrogen-bond acceptors (Lipinski definition) is 2. The zero-order valence-corrected chi connectivity index (χ0v) is 9.31. The van der Waals surface area contributed by atoms with Crippen LogP contribution in [0.4, 0.5) is 0 Å². The van der Waals surface area contributed by atoms with Crippen LogP contribution in [0.2, 0.25) is 0 Å². The van der Waals surface area contributed by atoms with Crippen LogP contribution in [-0.4, -0.2) is 4.98 Å². The van der Waals surface area contributed by atoms with Gasteiger partial charge in [0.1, 0.15) is 5.76 Å². The standard InChI is InChI=1S/C11H16ClNO/c1-8-10(7-12)14-11(13-8)9-5-3-2-4-6-9/h9H,2-7H2,1H3. The quantitative estimate of drug-likeness (QED) is 0.699. The van der Waals surface area contributed by atoms with Gasteiger partial charge in [0, 0.05) is 5.92 Å². The highest BCUT2D eigenvalue weighted by Gasteiger charge is 2.21. The Morgan fingerprint density at radius 2 is 2.07 bits per heavy atom. The molecule has 1 aromatic rings. The first-order chi connectivity index (χ1) is 6.81. The van der Waals surface area contributed by atoms with Crippen LogP contribution < -0.4 is 0 Å². The maximum atomic E-state index is 5.75. The summed E-state index contributed by atoms with van der Waals surface area (Å²) in [5.41, 5.74) is 0.959. The number of aryl methyl sites for hydroxylation is 1. The summed E-state index contributed by atoms with van der Waals surface area (Å²) in [6.45, 7) is 1.97. The Kier molecular flexibility index (Phi) is 3.12. The molecular formula is C11H16ClNO. The van der Waals surface area contributed by atoms with Gasteiger partial charge < -0.3 is 4.42 Å². The maximum Gasteiger partial charge on any atom is 0.197 e. The molecule has 0 atom stereocenters. The molecule has 1 saturated carbocycles. The van der Waals surface area contributed by atoms with Gasteiger partial charge in [-0.2, -0.15) is 0 Å². The molecule has 1 aromatic heterocycles. The van der Waals surface area contributed by atoms with Crippen molar-refractivity contribution in [3.63, 3.8) is 0 Å². The minimum Gasteiger partial charge on any atom is -0.444 e. The molecular weight excluding hydrogens is 198 g/mol. The molecule has 0 saturated heterocycles. The first kappa shape index (κ1) is 10.0. The zero-order chi connectivity index (χ0) is 9.97. The topological polar surface area (TPSA) is 26.0 Å². The summed E-state index contributed by atoms with van der Waals surface area (Å²) in [7, 11) is 0. The van der Waals surface area contributed by atoms with Gasteiger partial charge in [0.25, 0.3) is 0 Å². The molecule has 1 aliphatic carbocycles. The lowest BCUT2D eigenvalue weighted by atomic mass is 9.89. The van der Waals surface area contributed by atoms with E-state index >= 15 is 0 Å². The summed E-state index contributed by atoms with van der Waals surface area (Å²) in [5, 5.41) is 0. The minimum atomic E-state index is 0.436. The Morgan fingerprint density at radius 3 is 2.64 bits per heavy atom. The lowest BCUT2D eigenvalue weighted by Crippen LogP contribution is -2.04. The lowest BCUT2D eigenvalue weighted by molar-refractivity contribution is 0.355. The van der Waals surface area contributed by atoms with E-state index in [9.17, 15) is 0 Å². The molecule has 3 heteroatoms. The molecule has 0 spiro atoms. The first-order valence-corrected chi connectivity index (χ1v) is 5.87. The number of nitrogens with zero attached hydrogens (tertiary/aromatic N) is 1. The summed E-state index contributed by atoms with van der Waals surface area (Å²) >= 11 is 5.75. The van der Waals surface area contributed by atoms with Gasteiger partial charge in [0.05, 0.1) is 11.6 Å². The molecule has 1 heterocycles. The monoisotopic (exact) mass is 213 g/mol. The Hall–Kier alpha value is -0.500. The molecule has 0 amide bonds. The third-order valence-electron chi connectivity index (χ3n) is 2.98. The predicted molar refractivity (Wildman–Crippen MR) is 56.6 cm³/mol. The van der Waals surface area contributed by atoms with Crippen molar-refractivity contribution >= 4 is 11.6 Å².